The van der Waals surface area contributed by atoms with Gasteiger partial charge >= 0.3 is 18.3 Å². The number of carbonyl (C=O) groups excluding carboxylic acids is 1. The second-order valence-corrected chi connectivity index (χ2v) is 12.1. The number of carboxylic acids is 1. The van der Waals surface area contributed by atoms with Crippen molar-refractivity contribution in [3.05, 3.63) is 77.4 Å². The van der Waals surface area contributed by atoms with E-state index in [0.717, 1.165) is 49.5 Å². The molecule has 0 unspecified atom stereocenters. The van der Waals surface area contributed by atoms with Crippen molar-refractivity contribution >= 4 is 28.5 Å². The molecule has 0 spiro atoms. The number of rotatable bonds is 8. The Morgan fingerprint density at radius 2 is 1.57 bits per heavy atom. The average molecular weight is 694 g/mol. The lowest BCUT2D eigenvalue weighted by molar-refractivity contribution is -0.139. The zero-order valence-corrected chi connectivity index (χ0v) is 26.3. The smallest absolute Gasteiger partial charge is 0.421 e. The summed E-state index contributed by atoms with van der Waals surface area (Å²) in [4.78, 5) is 34.4. The minimum atomic E-state index is -5.16. The average Bonchev–Trinajstić information content (AvgIpc) is 3.02. The van der Waals surface area contributed by atoms with Crippen molar-refractivity contribution < 1.29 is 54.9 Å². The van der Waals surface area contributed by atoms with Gasteiger partial charge in [0.15, 0.2) is 11.6 Å². The van der Waals surface area contributed by atoms with Gasteiger partial charge in [0, 0.05) is 41.7 Å². The second kappa shape index (κ2) is 13.5. The molecule has 4 aromatic rings. The number of carbonyl (C=O) groups is 2. The molecule has 1 amide bonds. The number of para-hydroxylation sites is 1. The molecule has 0 bridgehead atoms. The highest BCUT2D eigenvalue weighted by molar-refractivity contribution is 6.03. The summed E-state index contributed by atoms with van der Waals surface area (Å²) in [6.07, 6.45) is -5.40. The fourth-order valence-corrected chi connectivity index (χ4v) is 5.82. The number of alkyl halides is 6. The van der Waals surface area contributed by atoms with Gasteiger partial charge in [0.05, 0.1) is 28.5 Å². The van der Waals surface area contributed by atoms with E-state index in [-0.39, 0.29) is 22.7 Å². The molecule has 49 heavy (non-hydrogen) atoms. The van der Waals surface area contributed by atoms with Crippen LogP contribution in [0.4, 0.5) is 36.4 Å². The van der Waals surface area contributed by atoms with E-state index in [2.05, 4.69) is 16.9 Å². The third-order valence-electron chi connectivity index (χ3n) is 8.26. The molecule has 15 heteroatoms. The van der Waals surface area contributed by atoms with E-state index in [1.165, 1.54) is 11.0 Å². The number of aromatic nitrogens is 2. The molecule has 0 aliphatic heterocycles. The lowest BCUT2D eigenvalue weighted by Gasteiger charge is -2.34. The number of halogens is 7. The number of nitrogens with zero attached hydrogens (tertiary/aromatic N) is 3. The molecule has 1 aliphatic carbocycles. The van der Waals surface area contributed by atoms with E-state index in [9.17, 15) is 41.0 Å². The maximum atomic E-state index is 15.5. The van der Waals surface area contributed by atoms with Gasteiger partial charge in [-0.25, -0.2) is 14.2 Å². The number of hydrogen-bond donors (Lipinski definition) is 1. The van der Waals surface area contributed by atoms with Gasteiger partial charge in [0.25, 0.3) is 0 Å². The van der Waals surface area contributed by atoms with Crippen LogP contribution >= 0.6 is 0 Å². The second-order valence-electron chi connectivity index (χ2n) is 12.1. The summed E-state index contributed by atoms with van der Waals surface area (Å²) < 4.78 is 109. The fraction of sp³-hybridized carbons (Fsp3) is 0.353. The molecular weight excluding hydrogens is 663 g/mol. The van der Waals surface area contributed by atoms with Gasteiger partial charge in [0.2, 0.25) is 11.8 Å². The van der Waals surface area contributed by atoms with Gasteiger partial charge in [-0.2, -0.15) is 26.3 Å². The Hall–Kier alpha value is -4.95. The van der Waals surface area contributed by atoms with Gasteiger partial charge in [-0.3, -0.25) is 9.78 Å². The summed E-state index contributed by atoms with van der Waals surface area (Å²) in [5, 5.41) is 9.87. The molecule has 260 valence electrons. The highest BCUT2D eigenvalue weighted by Crippen LogP contribution is 2.43. The summed E-state index contributed by atoms with van der Waals surface area (Å²) in [5.74, 6) is -6.06. The van der Waals surface area contributed by atoms with Crippen LogP contribution in [0.2, 0.25) is 0 Å². The van der Waals surface area contributed by atoms with Crippen molar-refractivity contribution in [2.24, 2.45) is 11.8 Å². The predicted molar refractivity (Wildman–Crippen MR) is 163 cm³/mol. The van der Waals surface area contributed by atoms with Gasteiger partial charge in [-0.15, -0.1) is 0 Å². The van der Waals surface area contributed by atoms with E-state index >= 15 is 4.39 Å². The highest BCUT2D eigenvalue weighted by atomic mass is 19.4. The Bertz CT molecular complexity index is 1890. The van der Waals surface area contributed by atoms with E-state index in [1.807, 2.05) is 0 Å². The third-order valence-corrected chi connectivity index (χ3v) is 8.26. The van der Waals surface area contributed by atoms with Crippen molar-refractivity contribution in [1.82, 2.24) is 9.97 Å². The summed E-state index contributed by atoms with van der Waals surface area (Å²) in [7, 11) is 0. The van der Waals surface area contributed by atoms with E-state index in [0.29, 0.717) is 30.9 Å². The van der Waals surface area contributed by atoms with Gasteiger partial charge in [-0.05, 0) is 63.6 Å². The Labute approximate surface area is 275 Å². The van der Waals surface area contributed by atoms with Gasteiger partial charge in [0.1, 0.15) is 17.1 Å². The van der Waals surface area contributed by atoms with E-state index in [4.69, 9.17) is 9.47 Å². The summed E-state index contributed by atoms with van der Waals surface area (Å²) in [6, 6.07) is 5.59. The first-order chi connectivity index (χ1) is 23.0. The molecule has 5 rings (SSSR count). The van der Waals surface area contributed by atoms with Crippen molar-refractivity contribution in [3.63, 3.8) is 0 Å². The molecule has 0 radical (unpaired) electrons. The first kappa shape index (κ1) is 35.4. The highest BCUT2D eigenvalue weighted by Gasteiger charge is 2.38. The molecular formula is C34H30F7N3O5. The zero-order chi connectivity index (χ0) is 35.8. The molecule has 1 saturated carbocycles. The predicted octanol–water partition coefficient (Wildman–Crippen LogP) is 9.66. The third kappa shape index (κ3) is 7.55. The maximum absolute atomic E-state index is 15.5. The molecule has 1 fully saturated rings. The summed E-state index contributed by atoms with van der Waals surface area (Å²) in [5.41, 5.74) is -3.98. The topological polar surface area (TPSA) is 102 Å². The van der Waals surface area contributed by atoms with Crippen LogP contribution in [0, 0.1) is 17.7 Å². The molecule has 2 aromatic heterocycles. The van der Waals surface area contributed by atoms with Crippen LogP contribution in [0.1, 0.15) is 67.9 Å². The number of carboxylic acid groups (broad SMARTS) is 1. The van der Waals surface area contributed by atoms with Crippen molar-refractivity contribution in [2.45, 2.75) is 64.8 Å². The molecule has 2 aromatic carbocycles. The number of benzene rings is 2. The quantitative estimate of drug-likeness (QED) is 0.183. The largest absolute Gasteiger partial charge is 0.478 e. The lowest BCUT2D eigenvalue weighted by Crippen LogP contribution is -2.43. The summed E-state index contributed by atoms with van der Waals surface area (Å²) in [6.45, 7) is 5.32. The number of anilines is 1. The lowest BCUT2D eigenvalue weighted by atomic mass is 9.82. The number of aromatic carboxylic acids is 1. The Morgan fingerprint density at radius 1 is 0.898 bits per heavy atom. The van der Waals surface area contributed by atoms with Crippen LogP contribution in [-0.4, -0.2) is 33.0 Å². The standard InChI is InChI=1S/C34H30F7N3O5/c1-17(2)44(31(45)19-9-7-18(3)8-10-19)26-15-25(35)28(14-22(26)32(46)47)49-30-24(34(39,40)41)13-20(16-43-30)48-27-11-12-42-29-21(27)5-4-6-23(29)33(36,37)38/h4-6,11-19H,7-10H2,1-3H3,(H,46,47). The van der Waals surface area contributed by atoms with Crippen molar-refractivity contribution in [2.75, 3.05) is 4.90 Å². The summed E-state index contributed by atoms with van der Waals surface area (Å²) >= 11 is 0. The number of ether oxygens (including phenoxy) is 2. The fourth-order valence-electron chi connectivity index (χ4n) is 5.82. The first-order valence-corrected chi connectivity index (χ1v) is 15.2. The minimum Gasteiger partial charge on any atom is -0.478 e. The van der Waals surface area contributed by atoms with Crippen LogP contribution < -0.4 is 14.4 Å². The monoisotopic (exact) mass is 693 g/mol. The number of hydrogen-bond acceptors (Lipinski definition) is 6. The number of pyridine rings is 2. The van der Waals surface area contributed by atoms with Gasteiger partial charge in [-0.1, -0.05) is 13.0 Å². The Morgan fingerprint density at radius 3 is 2.18 bits per heavy atom. The molecule has 0 atom stereocenters. The zero-order valence-electron chi connectivity index (χ0n) is 26.3. The van der Waals surface area contributed by atoms with Crippen LogP contribution in [0.5, 0.6) is 23.1 Å². The minimum absolute atomic E-state index is 0.137. The van der Waals surface area contributed by atoms with Crippen LogP contribution in [0.3, 0.4) is 0 Å². The molecule has 2 heterocycles. The number of fused-ring (bicyclic) bond motifs is 1. The van der Waals surface area contributed by atoms with Crippen LogP contribution in [0.15, 0.2) is 54.9 Å². The normalized spacial score (nSPS) is 16.9. The van der Waals surface area contributed by atoms with Crippen LogP contribution in [0.25, 0.3) is 10.9 Å². The van der Waals surface area contributed by atoms with Gasteiger partial charge < -0.3 is 19.5 Å². The van der Waals surface area contributed by atoms with E-state index < -0.39 is 75.7 Å². The SMILES string of the molecule is CC1CCC(C(=O)N(c2cc(F)c(Oc3ncc(Oc4ccnc5c(C(F)(F)F)cccc45)cc3C(F)(F)F)cc2C(=O)O)C(C)C)CC1. The Kier molecular flexibility index (Phi) is 9.75. The maximum Gasteiger partial charge on any atom is 0.421 e. The first-order valence-electron chi connectivity index (χ1n) is 15.2. The molecule has 1 aliphatic rings. The number of amides is 1. The van der Waals surface area contributed by atoms with Crippen molar-refractivity contribution in [3.8, 4) is 23.1 Å². The van der Waals surface area contributed by atoms with E-state index in [1.54, 1.807) is 13.8 Å². The molecule has 1 N–H and O–H groups in total. The molecule has 8 nitrogen and oxygen atoms in total. The molecule has 0 saturated heterocycles. The van der Waals surface area contributed by atoms with Crippen molar-refractivity contribution in [1.29, 1.82) is 0 Å². The van der Waals surface area contributed by atoms with Crippen LogP contribution in [-0.2, 0) is 17.1 Å². The Balaban J connectivity index is 1.50.